The first-order chi connectivity index (χ1) is 21.4. The van der Waals surface area contributed by atoms with E-state index in [1.54, 1.807) is 0 Å². The van der Waals surface area contributed by atoms with Crippen LogP contribution < -0.4 is 22.9 Å². The average Bonchev–Trinajstić information content (AvgIpc) is 3.05. The van der Waals surface area contributed by atoms with Gasteiger partial charge < -0.3 is 22.9 Å². The second-order valence-electron chi connectivity index (χ2n) is 11.5. The Morgan fingerprint density at radius 2 is 0.455 bits per heavy atom. The van der Waals surface area contributed by atoms with Crippen LogP contribution in [0, 0.1) is 0 Å². The van der Waals surface area contributed by atoms with Crippen LogP contribution in [0.4, 0.5) is 22.7 Å². The zero-order valence-electron chi connectivity index (χ0n) is 24.0. The summed E-state index contributed by atoms with van der Waals surface area (Å²) in [6, 6.07) is 46.3. The fourth-order valence-corrected chi connectivity index (χ4v) is 6.60. The van der Waals surface area contributed by atoms with Crippen molar-refractivity contribution in [3.05, 3.63) is 133 Å². The second-order valence-corrected chi connectivity index (χ2v) is 11.5. The molecule has 0 saturated heterocycles. The molecule has 0 aliphatic heterocycles. The number of nitrogens with two attached hydrogens (primary N) is 4. The number of rotatable bonds is 4. The average molecular weight is 567 g/mol. The van der Waals surface area contributed by atoms with Crippen molar-refractivity contribution in [2.45, 2.75) is 0 Å². The summed E-state index contributed by atoms with van der Waals surface area (Å²) in [5.74, 6) is 0. The molecule has 0 saturated carbocycles. The first-order valence-electron chi connectivity index (χ1n) is 14.7. The predicted molar refractivity (Wildman–Crippen MR) is 190 cm³/mol. The minimum atomic E-state index is 0.742. The third-order valence-corrected chi connectivity index (χ3v) is 8.79. The monoisotopic (exact) mass is 566 g/mol. The molecule has 4 nitrogen and oxygen atoms in total. The van der Waals surface area contributed by atoms with Gasteiger partial charge in [-0.1, -0.05) is 72.8 Å². The van der Waals surface area contributed by atoms with Crippen LogP contribution in [0.3, 0.4) is 0 Å². The van der Waals surface area contributed by atoms with E-state index in [4.69, 9.17) is 22.9 Å². The van der Waals surface area contributed by atoms with Gasteiger partial charge in [0.15, 0.2) is 0 Å². The van der Waals surface area contributed by atoms with E-state index in [2.05, 4.69) is 84.9 Å². The van der Waals surface area contributed by atoms with Gasteiger partial charge in [-0.05, 0) is 137 Å². The van der Waals surface area contributed by atoms with Crippen molar-refractivity contribution in [2.24, 2.45) is 0 Å². The summed E-state index contributed by atoms with van der Waals surface area (Å²) in [5.41, 5.74) is 36.5. The summed E-state index contributed by atoms with van der Waals surface area (Å²) in [6.45, 7) is 0. The van der Waals surface area contributed by atoms with Gasteiger partial charge in [-0.2, -0.15) is 0 Å². The summed E-state index contributed by atoms with van der Waals surface area (Å²) in [5, 5.41) is 7.24. The number of nitrogen functional groups attached to an aromatic ring is 4. The maximum absolute atomic E-state index is 6.11. The fraction of sp³-hybridized carbons (Fsp3) is 0. The van der Waals surface area contributed by atoms with E-state index in [1.165, 1.54) is 32.3 Å². The van der Waals surface area contributed by atoms with Crippen molar-refractivity contribution in [1.82, 2.24) is 0 Å². The van der Waals surface area contributed by atoms with Gasteiger partial charge >= 0.3 is 0 Å². The molecule has 210 valence electrons. The second kappa shape index (κ2) is 9.79. The van der Waals surface area contributed by atoms with E-state index >= 15 is 0 Å². The van der Waals surface area contributed by atoms with Gasteiger partial charge in [-0.25, -0.2) is 0 Å². The molecule has 4 heteroatoms. The molecule has 8 aromatic carbocycles. The predicted octanol–water partition coefficient (Wildman–Crippen LogP) is 9.58. The van der Waals surface area contributed by atoms with Crippen LogP contribution in [-0.2, 0) is 0 Å². The smallest absolute Gasteiger partial charge is 0.0314 e. The van der Waals surface area contributed by atoms with E-state index < -0.39 is 0 Å². The Kier molecular flexibility index (Phi) is 5.71. The Morgan fingerprint density at radius 1 is 0.250 bits per heavy atom. The zero-order valence-corrected chi connectivity index (χ0v) is 24.0. The summed E-state index contributed by atoms with van der Waals surface area (Å²) in [6.07, 6.45) is 0. The third-order valence-electron chi connectivity index (χ3n) is 8.79. The number of anilines is 4. The van der Waals surface area contributed by atoms with Crippen LogP contribution in [-0.4, -0.2) is 0 Å². The Bertz CT molecular complexity index is 1990. The minimum absolute atomic E-state index is 0.742. The molecule has 0 bridgehead atoms. The molecule has 44 heavy (non-hydrogen) atoms. The lowest BCUT2D eigenvalue weighted by molar-refractivity contribution is 1.61. The molecule has 0 radical (unpaired) electrons. The van der Waals surface area contributed by atoms with Crippen LogP contribution in [0.15, 0.2) is 133 Å². The van der Waals surface area contributed by atoms with Gasteiger partial charge in [0.25, 0.3) is 0 Å². The van der Waals surface area contributed by atoms with Gasteiger partial charge in [0.2, 0.25) is 0 Å². The first kappa shape index (κ1) is 25.7. The highest BCUT2D eigenvalue weighted by atomic mass is 14.5. The highest BCUT2D eigenvalue weighted by molar-refractivity contribution is 6.32. The van der Waals surface area contributed by atoms with Crippen molar-refractivity contribution in [3.63, 3.8) is 0 Å². The number of hydrogen-bond acceptors (Lipinski definition) is 4. The van der Waals surface area contributed by atoms with E-state index in [9.17, 15) is 0 Å². The van der Waals surface area contributed by atoms with E-state index in [1.807, 2.05) is 48.5 Å². The van der Waals surface area contributed by atoms with Gasteiger partial charge in [0.05, 0.1) is 0 Å². The molecule has 0 amide bonds. The highest BCUT2D eigenvalue weighted by Crippen LogP contribution is 2.48. The van der Waals surface area contributed by atoms with E-state index in [-0.39, 0.29) is 0 Å². The number of hydrogen-bond donors (Lipinski definition) is 4. The molecular weight excluding hydrogens is 536 g/mol. The Morgan fingerprint density at radius 3 is 0.659 bits per heavy atom. The lowest BCUT2D eigenvalue weighted by Crippen LogP contribution is -1.95. The van der Waals surface area contributed by atoms with Crippen molar-refractivity contribution in [3.8, 4) is 44.5 Å². The highest BCUT2D eigenvalue weighted by Gasteiger charge is 2.21. The largest absolute Gasteiger partial charge is 0.399 e. The molecule has 0 heterocycles. The van der Waals surface area contributed by atoms with Crippen LogP contribution >= 0.6 is 0 Å². The normalized spacial score (nSPS) is 11.5. The summed E-state index contributed by atoms with van der Waals surface area (Å²) in [7, 11) is 0. The SMILES string of the molecule is Nc1ccc(-c2cc(-c3ccc(N)cc3)c3ccc4c(-c5ccc(N)cc5)cc(-c5ccc(N)cc5)c5ccc2c3c54)cc1. The molecule has 8 rings (SSSR count). The summed E-state index contributed by atoms with van der Waals surface area (Å²) >= 11 is 0. The summed E-state index contributed by atoms with van der Waals surface area (Å²) in [4.78, 5) is 0. The Labute approximate surface area is 255 Å². The van der Waals surface area contributed by atoms with Crippen LogP contribution in [0.25, 0.3) is 76.8 Å². The van der Waals surface area contributed by atoms with Gasteiger partial charge in [-0.15, -0.1) is 0 Å². The molecule has 0 unspecified atom stereocenters. The van der Waals surface area contributed by atoms with Gasteiger partial charge in [0, 0.05) is 22.7 Å². The fourth-order valence-electron chi connectivity index (χ4n) is 6.60. The van der Waals surface area contributed by atoms with Crippen LogP contribution in [0.1, 0.15) is 0 Å². The molecule has 0 aromatic heterocycles. The molecule has 0 aliphatic rings. The molecule has 0 aliphatic carbocycles. The maximum Gasteiger partial charge on any atom is 0.0314 e. The van der Waals surface area contributed by atoms with Crippen LogP contribution in [0.2, 0.25) is 0 Å². The zero-order chi connectivity index (χ0) is 29.9. The lowest BCUT2D eigenvalue weighted by atomic mass is 9.82. The van der Waals surface area contributed by atoms with Crippen molar-refractivity contribution < 1.29 is 0 Å². The van der Waals surface area contributed by atoms with E-state index in [0.29, 0.717) is 0 Å². The topological polar surface area (TPSA) is 104 Å². The maximum atomic E-state index is 6.11. The molecule has 8 aromatic rings. The molecule has 0 spiro atoms. The summed E-state index contributed by atoms with van der Waals surface area (Å²) < 4.78 is 0. The van der Waals surface area contributed by atoms with Crippen molar-refractivity contribution in [2.75, 3.05) is 22.9 Å². The lowest BCUT2D eigenvalue weighted by Gasteiger charge is -2.21. The molecule has 0 fully saturated rings. The van der Waals surface area contributed by atoms with E-state index in [0.717, 1.165) is 67.3 Å². The molecule has 8 N–H and O–H groups in total. The van der Waals surface area contributed by atoms with Crippen molar-refractivity contribution in [1.29, 1.82) is 0 Å². The van der Waals surface area contributed by atoms with Gasteiger partial charge in [-0.3, -0.25) is 0 Å². The third kappa shape index (κ3) is 4.08. The Hall–Kier alpha value is -6.00. The standard InChI is InChI=1S/C40H30N4/c41-27-9-1-23(2-10-27)35-21-36(24-3-11-28(42)12-4-24)32-19-20-34-38(26-7-15-30(44)16-8-26)22-37(25-5-13-29(43)14-6-25)33-18-17-31(35)39(32)40(33)34/h1-22H,41-44H2. The molecule has 0 atom stereocenters. The van der Waals surface area contributed by atoms with Crippen molar-refractivity contribution >= 4 is 55.1 Å². The Balaban J connectivity index is 1.56. The minimum Gasteiger partial charge on any atom is -0.399 e. The van der Waals surface area contributed by atoms with Crippen LogP contribution in [0.5, 0.6) is 0 Å². The molecular formula is C40H30N4. The number of benzene rings is 8. The van der Waals surface area contributed by atoms with Gasteiger partial charge in [0.1, 0.15) is 0 Å². The first-order valence-corrected chi connectivity index (χ1v) is 14.7. The quantitative estimate of drug-likeness (QED) is 0.126.